The number of allylic oxidation sites excluding steroid dienone is 1. The number of aliphatic hydroxyl groups is 2. The number of esters is 1. The SMILES string of the molecule is C=C1CCC[C@@H]2CC=C[C@@H](C/C=C\C(=O)O[C@H]([C@@H](O)/C=C/C3CCc4ccccc4C3)C[C@@H]3O[C@H]3[C@@H](O)C1)O2. The van der Waals surface area contributed by atoms with E-state index in [1.165, 1.54) is 17.2 Å². The van der Waals surface area contributed by atoms with Gasteiger partial charge in [0, 0.05) is 12.5 Å². The Bertz CT molecular complexity index is 1090. The first-order chi connectivity index (χ1) is 18.9. The molecular weight excluding hydrogens is 492 g/mol. The monoisotopic (exact) mass is 534 g/mol. The summed E-state index contributed by atoms with van der Waals surface area (Å²) in [5.41, 5.74) is 3.76. The second-order valence-electron chi connectivity index (χ2n) is 11.5. The number of fused-ring (bicyclic) bond motifs is 4. The van der Waals surface area contributed by atoms with Gasteiger partial charge in [0.1, 0.15) is 18.3 Å². The molecule has 1 aromatic carbocycles. The fourth-order valence-electron chi connectivity index (χ4n) is 6.09. The van der Waals surface area contributed by atoms with E-state index in [4.69, 9.17) is 14.2 Å². The molecule has 3 aliphatic heterocycles. The second kappa shape index (κ2) is 13.2. The molecule has 0 aromatic heterocycles. The average Bonchev–Trinajstić information content (AvgIpc) is 3.70. The molecule has 3 heterocycles. The van der Waals surface area contributed by atoms with Crippen LogP contribution in [0.15, 0.2) is 72.9 Å². The Morgan fingerprint density at radius 3 is 2.74 bits per heavy atom. The van der Waals surface area contributed by atoms with E-state index in [1.807, 2.05) is 6.08 Å². The Morgan fingerprint density at radius 1 is 1.03 bits per heavy atom. The van der Waals surface area contributed by atoms with Crippen LogP contribution in [0.1, 0.15) is 62.5 Å². The number of ether oxygens (including phenoxy) is 3. The molecule has 4 aliphatic rings. The van der Waals surface area contributed by atoms with Crippen LogP contribution in [0.3, 0.4) is 0 Å². The van der Waals surface area contributed by atoms with Crippen molar-refractivity contribution in [3.8, 4) is 0 Å². The first-order valence-corrected chi connectivity index (χ1v) is 14.6. The van der Waals surface area contributed by atoms with Gasteiger partial charge in [-0.1, -0.05) is 66.8 Å². The number of aliphatic hydroxyl groups excluding tert-OH is 2. The molecule has 210 valence electrons. The predicted molar refractivity (Wildman–Crippen MR) is 150 cm³/mol. The Balaban J connectivity index is 1.25. The first-order valence-electron chi connectivity index (χ1n) is 14.6. The molecule has 0 spiro atoms. The minimum absolute atomic E-state index is 0.0673. The summed E-state index contributed by atoms with van der Waals surface area (Å²) in [6.45, 7) is 4.17. The molecule has 1 aromatic rings. The molecule has 39 heavy (non-hydrogen) atoms. The molecule has 2 N–H and O–H groups in total. The number of epoxide rings is 1. The van der Waals surface area contributed by atoms with Crippen LogP contribution in [-0.2, 0) is 31.8 Å². The quantitative estimate of drug-likeness (QED) is 0.325. The normalized spacial score (nSPS) is 35.7. The predicted octanol–water partition coefficient (Wildman–Crippen LogP) is 4.93. The maximum atomic E-state index is 12.7. The molecule has 1 unspecified atom stereocenters. The highest BCUT2D eigenvalue weighted by atomic mass is 16.6. The Labute approximate surface area is 232 Å². The molecule has 6 nitrogen and oxygen atoms in total. The van der Waals surface area contributed by atoms with Crippen LogP contribution in [0.2, 0.25) is 0 Å². The molecule has 1 aliphatic carbocycles. The summed E-state index contributed by atoms with van der Waals surface area (Å²) >= 11 is 0. The molecule has 6 heteroatoms. The third kappa shape index (κ3) is 8.01. The Morgan fingerprint density at radius 2 is 1.87 bits per heavy atom. The van der Waals surface area contributed by atoms with Gasteiger partial charge < -0.3 is 24.4 Å². The summed E-state index contributed by atoms with van der Waals surface area (Å²) in [6, 6.07) is 8.50. The Kier molecular flexibility index (Phi) is 9.51. The molecule has 2 bridgehead atoms. The second-order valence-corrected chi connectivity index (χ2v) is 11.5. The highest BCUT2D eigenvalue weighted by molar-refractivity contribution is 5.82. The lowest BCUT2D eigenvalue weighted by molar-refractivity contribution is -0.148. The van der Waals surface area contributed by atoms with E-state index in [2.05, 4.69) is 43.0 Å². The number of aryl methyl sites for hydroxylation is 1. The van der Waals surface area contributed by atoms with Crippen LogP contribution in [0.5, 0.6) is 0 Å². The highest BCUT2D eigenvalue weighted by Gasteiger charge is 2.46. The maximum Gasteiger partial charge on any atom is 0.330 e. The summed E-state index contributed by atoms with van der Waals surface area (Å²) in [4.78, 5) is 12.7. The summed E-state index contributed by atoms with van der Waals surface area (Å²) in [5.74, 6) is -0.169. The standard InChI is InChI=1S/C33H42O6/c1-22-7-4-10-26-11-5-12-27(37-26)13-6-14-32(36)38-30(21-31-33(39-31)29(35)19-22)28(34)18-16-23-15-17-24-8-2-3-9-25(24)20-23/h2-3,5-6,8-9,12,14,16,18,23,26-31,33-35H,1,4,7,10-11,13,15,17,19-21H2/b14-6-,18-16+/t23?,26-,27+,28+,29+,30+,31+,33+/m1/s1. The molecular formula is C33H42O6. The lowest BCUT2D eigenvalue weighted by Crippen LogP contribution is -2.32. The van der Waals surface area contributed by atoms with Gasteiger partial charge in [-0.15, -0.1) is 0 Å². The average molecular weight is 535 g/mol. The highest BCUT2D eigenvalue weighted by Crippen LogP contribution is 2.34. The van der Waals surface area contributed by atoms with Crippen molar-refractivity contribution >= 4 is 5.97 Å². The lowest BCUT2D eigenvalue weighted by Gasteiger charge is -2.26. The van der Waals surface area contributed by atoms with Crippen LogP contribution in [0.25, 0.3) is 0 Å². The Hall–Kier alpha value is -2.51. The number of hydrogen-bond acceptors (Lipinski definition) is 6. The minimum Gasteiger partial charge on any atom is -0.456 e. The largest absolute Gasteiger partial charge is 0.456 e. The van der Waals surface area contributed by atoms with Crippen LogP contribution in [0.4, 0.5) is 0 Å². The molecule has 5 rings (SSSR count). The van der Waals surface area contributed by atoms with Crippen molar-refractivity contribution in [2.24, 2.45) is 5.92 Å². The smallest absolute Gasteiger partial charge is 0.330 e. The van der Waals surface area contributed by atoms with Crippen LogP contribution < -0.4 is 0 Å². The van der Waals surface area contributed by atoms with Crippen LogP contribution >= 0.6 is 0 Å². The molecule has 0 amide bonds. The number of hydrogen-bond donors (Lipinski definition) is 2. The summed E-state index contributed by atoms with van der Waals surface area (Å²) in [7, 11) is 0. The summed E-state index contributed by atoms with van der Waals surface area (Å²) in [5, 5.41) is 21.8. The fraction of sp³-hybridized carbons (Fsp3) is 0.545. The van der Waals surface area contributed by atoms with Crippen molar-refractivity contribution in [2.75, 3.05) is 0 Å². The molecule has 1 saturated heterocycles. The van der Waals surface area contributed by atoms with Crippen molar-refractivity contribution in [1.29, 1.82) is 0 Å². The minimum atomic E-state index is -0.965. The van der Waals surface area contributed by atoms with E-state index in [0.717, 1.165) is 50.5 Å². The van der Waals surface area contributed by atoms with Crippen molar-refractivity contribution in [1.82, 2.24) is 0 Å². The molecule has 1 fully saturated rings. The lowest BCUT2D eigenvalue weighted by atomic mass is 9.83. The van der Waals surface area contributed by atoms with Crippen LogP contribution in [-0.4, -0.2) is 58.9 Å². The van der Waals surface area contributed by atoms with Crippen molar-refractivity contribution in [3.63, 3.8) is 0 Å². The van der Waals surface area contributed by atoms with Gasteiger partial charge in [0.15, 0.2) is 0 Å². The third-order valence-corrected chi connectivity index (χ3v) is 8.37. The van der Waals surface area contributed by atoms with E-state index in [-0.39, 0.29) is 24.4 Å². The number of carbonyl (C=O) groups excluding carboxylic acids is 1. The van der Waals surface area contributed by atoms with Gasteiger partial charge in [0.05, 0.1) is 24.4 Å². The fourth-order valence-corrected chi connectivity index (χ4v) is 6.09. The third-order valence-electron chi connectivity index (χ3n) is 8.37. The zero-order chi connectivity index (χ0) is 27.2. The maximum absolute atomic E-state index is 12.7. The molecule has 8 atom stereocenters. The summed E-state index contributed by atoms with van der Waals surface area (Å²) in [6.07, 6.45) is 16.3. The van der Waals surface area contributed by atoms with Gasteiger partial charge >= 0.3 is 5.97 Å². The zero-order valence-corrected chi connectivity index (χ0v) is 22.7. The van der Waals surface area contributed by atoms with Gasteiger partial charge in [-0.25, -0.2) is 4.79 Å². The van der Waals surface area contributed by atoms with Gasteiger partial charge in [-0.3, -0.25) is 0 Å². The number of carbonyl (C=O) groups is 1. The van der Waals surface area contributed by atoms with E-state index in [0.29, 0.717) is 25.2 Å². The number of cyclic esters (lactones) is 1. The van der Waals surface area contributed by atoms with Gasteiger partial charge in [-0.2, -0.15) is 0 Å². The molecule has 0 radical (unpaired) electrons. The summed E-state index contributed by atoms with van der Waals surface area (Å²) < 4.78 is 17.7. The van der Waals surface area contributed by atoms with Gasteiger partial charge in [-0.05, 0) is 74.8 Å². The number of benzene rings is 1. The van der Waals surface area contributed by atoms with E-state index in [1.54, 1.807) is 12.2 Å². The van der Waals surface area contributed by atoms with E-state index < -0.39 is 24.3 Å². The zero-order valence-electron chi connectivity index (χ0n) is 22.7. The first kappa shape index (κ1) is 28.0. The van der Waals surface area contributed by atoms with Crippen LogP contribution in [0, 0.1) is 5.92 Å². The van der Waals surface area contributed by atoms with Crippen molar-refractivity contribution in [2.45, 2.75) is 107 Å². The number of rotatable bonds is 3. The van der Waals surface area contributed by atoms with E-state index in [9.17, 15) is 15.0 Å². The van der Waals surface area contributed by atoms with Gasteiger partial charge in [0.25, 0.3) is 0 Å². The van der Waals surface area contributed by atoms with Crippen molar-refractivity contribution in [3.05, 3.63) is 84.0 Å². The van der Waals surface area contributed by atoms with E-state index >= 15 is 0 Å². The molecule has 0 saturated carbocycles. The topological polar surface area (TPSA) is 88.5 Å². The van der Waals surface area contributed by atoms with Gasteiger partial charge in [0.2, 0.25) is 0 Å². The van der Waals surface area contributed by atoms with Crippen molar-refractivity contribution < 1.29 is 29.2 Å².